The maximum atomic E-state index is 12.0. The summed E-state index contributed by atoms with van der Waals surface area (Å²) in [4.78, 5) is 25.2. The molecule has 0 aliphatic heterocycles. The van der Waals surface area contributed by atoms with Crippen molar-refractivity contribution >= 4 is 11.8 Å². The molecule has 0 fully saturated rings. The van der Waals surface area contributed by atoms with Gasteiger partial charge in [-0.2, -0.15) is 0 Å². The lowest BCUT2D eigenvalue weighted by Crippen LogP contribution is -2.13. The molecule has 0 aromatic heterocycles. The molecule has 0 heterocycles. The fourth-order valence-electron chi connectivity index (χ4n) is 1.74. The second-order valence-electron chi connectivity index (χ2n) is 4.45. The molecule has 0 amide bonds. The molecule has 0 unspecified atom stereocenters. The van der Waals surface area contributed by atoms with E-state index in [0.717, 1.165) is 5.56 Å². The quantitative estimate of drug-likeness (QED) is 0.443. The van der Waals surface area contributed by atoms with Crippen LogP contribution in [0.1, 0.15) is 22.3 Å². The molecule has 0 atom stereocenters. The van der Waals surface area contributed by atoms with Gasteiger partial charge in [0, 0.05) is 6.54 Å². The topological polar surface area (TPSA) is 55.8 Å². The molecule has 0 bridgehead atoms. The van der Waals surface area contributed by atoms with E-state index in [-0.39, 0.29) is 12.2 Å². The molecule has 0 spiro atoms. The number of nitrogens with zero attached hydrogens (tertiary/aromatic N) is 1. The summed E-state index contributed by atoms with van der Waals surface area (Å²) in [6.45, 7) is 0.711. The predicted molar refractivity (Wildman–Crippen MR) is 71.3 cm³/mol. The van der Waals surface area contributed by atoms with E-state index in [1.54, 1.807) is 12.1 Å². The second kappa shape index (κ2) is 6.89. The number of Topliss-reactive ketones (excluding diaryl/α,β-unsaturated/α-hetero) is 1. The van der Waals surface area contributed by atoms with Gasteiger partial charge in [-0.25, -0.2) is 0 Å². The van der Waals surface area contributed by atoms with Gasteiger partial charge >= 0.3 is 5.97 Å². The number of carbonyl (C=O) groups excluding carboxylic acids is 2. The van der Waals surface area contributed by atoms with Crippen molar-refractivity contribution in [3.8, 4) is 5.75 Å². The van der Waals surface area contributed by atoms with Crippen LogP contribution >= 0.6 is 0 Å². The molecular formula is C14H19NO4. The first-order valence-corrected chi connectivity index (χ1v) is 5.89. The Kier molecular flexibility index (Phi) is 5.51. The average molecular weight is 265 g/mol. The molecule has 0 saturated carbocycles. The van der Waals surface area contributed by atoms with Gasteiger partial charge in [0.2, 0.25) is 0 Å². The highest BCUT2D eigenvalue weighted by atomic mass is 16.5. The van der Waals surface area contributed by atoms with E-state index < -0.39 is 5.97 Å². The van der Waals surface area contributed by atoms with Gasteiger partial charge < -0.3 is 14.4 Å². The Hall–Kier alpha value is -1.88. The number of ether oxygens (including phenoxy) is 2. The van der Waals surface area contributed by atoms with Gasteiger partial charge in [-0.3, -0.25) is 9.59 Å². The molecule has 104 valence electrons. The van der Waals surface area contributed by atoms with Gasteiger partial charge in [0.1, 0.15) is 12.2 Å². The van der Waals surface area contributed by atoms with Crippen LogP contribution < -0.4 is 4.74 Å². The lowest BCUT2D eigenvalue weighted by atomic mass is 10.0. The third-order valence-corrected chi connectivity index (χ3v) is 2.60. The van der Waals surface area contributed by atoms with Crippen molar-refractivity contribution in [1.82, 2.24) is 4.90 Å². The van der Waals surface area contributed by atoms with Crippen LogP contribution in [0.4, 0.5) is 0 Å². The zero-order valence-corrected chi connectivity index (χ0v) is 11.7. The van der Waals surface area contributed by atoms with E-state index >= 15 is 0 Å². The van der Waals surface area contributed by atoms with Crippen LogP contribution in [-0.4, -0.2) is 45.0 Å². The summed E-state index contributed by atoms with van der Waals surface area (Å²) in [6.07, 6.45) is -0.279. The Balaban J connectivity index is 3.01. The predicted octanol–water partition coefficient (Wildman–Crippen LogP) is 1.50. The Morgan fingerprint density at radius 1 is 1.21 bits per heavy atom. The van der Waals surface area contributed by atoms with E-state index in [0.29, 0.717) is 17.9 Å². The smallest absolute Gasteiger partial charge is 0.313 e. The van der Waals surface area contributed by atoms with E-state index in [2.05, 4.69) is 4.74 Å². The molecule has 19 heavy (non-hydrogen) atoms. The van der Waals surface area contributed by atoms with E-state index in [4.69, 9.17) is 4.74 Å². The monoisotopic (exact) mass is 265 g/mol. The number of hydrogen-bond donors (Lipinski definition) is 0. The number of ketones is 1. The molecule has 5 nitrogen and oxygen atoms in total. The normalized spacial score (nSPS) is 10.4. The van der Waals surface area contributed by atoms with Crippen LogP contribution in [0.25, 0.3) is 0 Å². The minimum atomic E-state index is -0.551. The molecule has 1 aromatic carbocycles. The molecular weight excluding hydrogens is 246 g/mol. The minimum absolute atomic E-state index is 0.279. The maximum absolute atomic E-state index is 12.0. The van der Waals surface area contributed by atoms with Crippen molar-refractivity contribution < 1.29 is 19.1 Å². The van der Waals surface area contributed by atoms with Crippen molar-refractivity contribution in [2.75, 3.05) is 28.3 Å². The Morgan fingerprint density at radius 2 is 1.89 bits per heavy atom. The maximum Gasteiger partial charge on any atom is 0.313 e. The Morgan fingerprint density at radius 3 is 2.42 bits per heavy atom. The lowest BCUT2D eigenvalue weighted by molar-refractivity contribution is -0.139. The SMILES string of the molecule is COC(=O)CC(=O)c1cc(CN(C)C)ccc1OC. The van der Waals surface area contributed by atoms with Crippen molar-refractivity contribution in [3.63, 3.8) is 0 Å². The average Bonchev–Trinajstić information content (AvgIpc) is 2.37. The van der Waals surface area contributed by atoms with Crippen LogP contribution in [0.5, 0.6) is 5.75 Å². The van der Waals surface area contributed by atoms with Crippen LogP contribution in [0.15, 0.2) is 18.2 Å². The zero-order chi connectivity index (χ0) is 14.4. The molecule has 0 radical (unpaired) electrons. The summed E-state index contributed by atoms with van der Waals surface area (Å²) in [5.74, 6) is -0.384. The van der Waals surface area contributed by atoms with Crippen molar-refractivity contribution in [2.45, 2.75) is 13.0 Å². The number of carbonyl (C=O) groups is 2. The molecule has 0 N–H and O–H groups in total. The number of esters is 1. The van der Waals surface area contributed by atoms with Gasteiger partial charge in [-0.15, -0.1) is 0 Å². The third kappa shape index (κ3) is 4.37. The van der Waals surface area contributed by atoms with Crippen LogP contribution in [0.3, 0.4) is 0 Å². The van der Waals surface area contributed by atoms with Crippen LogP contribution in [-0.2, 0) is 16.1 Å². The van der Waals surface area contributed by atoms with E-state index in [1.807, 2.05) is 25.1 Å². The standard InChI is InChI=1S/C14H19NO4/c1-15(2)9-10-5-6-13(18-3)11(7-10)12(16)8-14(17)19-4/h5-7H,8-9H2,1-4H3. The Bertz CT molecular complexity index is 469. The molecule has 1 rings (SSSR count). The largest absolute Gasteiger partial charge is 0.496 e. The minimum Gasteiger partial charge on any atom is -0.496 e. The number of benzene rings is 1. The fraction of sp³-hybridized carbons (Fsp3) is 0.429. The van der Waals surface area contributed by atoms with Crippen LogP contribution in [0, 0.1) is 0 Å². The van der Waals surface area contributed by atoms with Crippen molar-refractivity contribution in [2.24, 2.45) is 0 Å². The van der Waals surface area contributed by atoms with E-state index in [1.165, 1.54) is 14.2 Å². The summed E-state index contributed by atoms with van der Waals surface area (Å²) in [5.41, 5.74) is 1.39. The highest BCUT2D eigenvalue weighted by molar-refractivity contribution is 6.07. The van der Waals surface area contributed by atoms with Gasteiger partial charge in [0.15, 0.2) is 5.78 Å². The van der Waals surface area contributed by atoms with Gasteiger partial charge in [0.25, 0.3) is 0 Å². The highest BCUT2D eigenvalue weighted by Crippen LogP contribution is 2.22. The van der Waals surface area contributed by atoms with Crippen molar-refractivity contribution in [1.29, 1.82) is 0 Å². The summed E-state index contributed by atoms with van der Waals surface area (Å²) in [5, 5.41) is 0. The van der Waals surface area contributed by atoms with Gasteiger partial charge in [0.05, 0.1) is 19.8 Å². The number of methoxy groups -OCH3 is 2. The molecule has 5 heteroatoms. The van der Waals surface area contributed by atoms with Gasteiger partial charge in [-0.1, -0.05) is 6.07 Å². The highest BCUT2D eigenvalue weighted by Gasteiger charge is 2.17. The second-order valence-corrected chi connectivity index (χ2v) is 4.45. The van der Waals surface area contributed by atoms with Gasteiger partial charge in [-0.05, 0) is 31.8 Å². The first-order chi connectivity index (χ1) is 8.97. The molecule has 0 aliphatic carbocycles. The molecule has 0 aliphatic rings. The summed E-state index contributed by atoms with van der Waals surface area (Å²) < 4.78 is 9.66. The summed E-state index contributed by atoms with van der Waals surface area (Å²) in [7, 11) is 6.64. The molecule has 0 saturated heterocycles. The number of hydrogen-bond acceptors (Lipinski definition) is 5. The van der Waals surface area contributed by atoms with Crippen LogP contribution in [0.2, 0.25) is 0 Å². The lowest BCUT2D eigenvalue weighted by Gasteiger charge is -2.13. The first kappa shape index (κ1) is 15.2. The fourth-order valence-corrected chi connectivity index (χ4v) is 1.74. The Labute approximate surface area is 113 Å². The van der Waals surface area contributed by atoms with E-state index in [9.17, 15) is 9.59 Å². The first-order valence-electron chi connectivity index (χ1n) is 5.89. The summed E-state index contributed by atoms with van der Waals surface area (Å²) >= 11 is 0. The third-order valence-electron chi connectivity index (χ3n) is 2.60. The molecule has 1 aromatic rings. The summed E-state index contributed by atoms with van der Waals surface area (Å²) in [6, 6.07) is 5.39. The zero-order valence-electron chi connectivity index (χ0n) is 11.7. The number of rotatable bonds is 6. The van der Waals surface area contributed by atoms with Crippen molar-refractivity contribution in [3.05, 3.63) is 29.3 Å².